The number of nitrogens with one attached hydrogen (secondary N) is 1. The highest BCUT2D eigenvalue weighted by molar-refractivity contribution is 6.32. The molecule has 1 aromatic heterocycles. The Hall–Kier alpha value is -2.60. The van der Waals surface area contributed by atoms with Gasteiger partial charge in [0, 0.05) is 17.8 Å². The third-order valence-corrected chi connectivity index (χ3v) is 2.67. The van der Waals surface area contributed by atoms with E-state index in [1.807, 2.05) is 0 Å². The van der Waals surface area contributed by atoms with Crippen LogP contribution in [-0.4, -0.2) is 10.8 Å². The fourth-order valence-corrected chi connectivity index (χ4v) is 1.64. The van der Waals surface area contributed by atoms with E-state index in [2.05, 4.69) is 5.32 Å². The van der Waals surface area contributed by atoms with Crippen molar-refractivity contribution >= 4 is 35.0 Å². The fourth-order valence-electron chi connectivity index (χ4n) is 1.46. The summed E-state index contributed by atoms with van der Waals surface area (Å²) in [5, 5.41) is 13.2. The predicted molar refractivity (Wildman–Crippen MR) is 74.5 cm³/mol. The van der Waals surface area contributed by atoms with Gasteiger partial charge in [-0.2, -0.15) is 0 Å². The topological polar surface area (TPSA) is 85.4 Å². The van der Waals surface area contributed by atoms with E-state index in [-0.39, 0.29) is 16.4 Å². The van der Waals surface area contributed by atoms with Crippen molar-refractivity contribution in [3.05, 3.63) is 63.6 Å². The largest absolute Gasteiger partial charge is 0.465 e. The molecule has 0 aliphatic carbocycles. The summed E-state index contributed by atoms with van der Waals surface area (Å²) in [6.45, 7) is 0. The number of anilines is 1. The van der Waals surface area contributed by atoms with Crippen LogP contribution in [0.15, 0.2) is 47.1 Å². The summed E-state index contributed by atoms with van der Waals surface area (Å²) in [7, 11) is 0. The fraction of sp³-hybridized carbons (Fsp3) is 0. The van der Waals surface area contributed by atoms with Crippen molar-refractivity contribution in [3.63, 3.8) is 0 Å². The van der Waals surface area contributed by atoms with Crippen molar-refractivity contribution in [3.8, 4) is 0 Å². The van der Waals surface area contributed by atoms with Crippen LogP contribution in [0, 0.1) is 10.1 Å². The summed E-state index contributed by atoms with van der Waals surface area (Å²) in [4.78, 5) is 21.7. The van der Waals surface area contributed by atoms with Crippen LogP contribution < -0.4 is 5.32 Å². The molecule has 0 spiro atoms. The number of carbonyl (C=O) groups excluding carboxylic acids is 1. The van der Waals surface area contributed by atoms with Gasteiger partial charge in [-0.25, -0.2) is 0 Å². The molecule has 0 aliphatic rings. The van der Waals surface area contributed by atoms with Crippen LogP contribution in [0.1, 0.15) is 5.76 Å². The SMILES string of the molecule is O=C(C=Cc1ccco1)Nc1ccc(Cl)c([N+](=O)[O-])c1. The molecule has 2 aromatic rings. The van der Waals surface area contributed by atoms with Crippen molar-refractivity contribution in [1.82, 2.24) is 0 Å². The Bertz CT molecular complexity index is 665. The van der Waals surface area contributed by atoms with Crippen LogP contribution in [0.3, 0.4) is 0 Å². The van der Waals surface area contributed by atoms with E-state index >= 15 is 0 Å². The van der Waals surface area contributed by atoms with Gasteiger partial charge >= 0.3 is 0 Å². The molecule has 0 saturated carbocycles. The zero-order valence-corrected chi connectivity index (χ0v) is 10.8. The third-order valence-electron chi connectivity index (χ3n) is 2.35. The van der Waals surface area contributed by atoms with E-state index in [0.29, 0.717) is 5.76 Å². The van der Waals surface area contributed by atoms with Crippen LogP contribution in [0.2, 0.25) is 5.02 Å². The summed E-state index contributed by atoms with van der Waals surface area (Å²) < 4.78 is 5.03. The lowest BCUT2D eigenvalue weighted by molar-refractivity contribution is -0.384. The molecule has 1 aromatic carbocycles. The first-order valence-electron chi connectivity index (χ1n) is 5.53. The Labute approximate surface area is 118 Å². The van der Waals surface area contributed by atoms with E-state index in [4.69, 9.17) is 16.0 Å². The van der Waals surface area contributed by atoms with E-state index in [1.54, 1.807) is 12.1 Å². The molecular formula is C13H9ClN2O4. The average molecular weight is 293 g/mol. The van der Waals surface area contributed by atoms with E-state index in [0.717, 1.165) is 0 Å². The van der Waals surface area contributed by atoms with Gasteiger partial charge in [-0.05, 0) is 30.3 Å². The zero-order valence-electron chi connectivity index (χ0n) is 10.1. The monoisotopic (exact) mass is 292 g/mol. The van der Waals surface area contributed by atoms with Crippen molar-refractivity contribution in [2.75, 3.05) is 5.32 Å². The number of halogens is 1. The van der Waals surface area contributed by atoms with E-state index in [9.17, 15) is 14.9 Å². The number of amides is 1. The number of carbonyl (C=O) groups is 1. The Morgan fingerprint density at radius 2 is 2.20 bits per heavy atom. The molecule has 0 fully saturated rings. The quantitative estimate of drug-likeness (QED) is 0.531. The van der Waals surface area contributed by atoms with Crippen LogP contribution in [0.5, 0.6) is 0 Å². The molecule has 1 heterocycles. The number of nitrogens with zero attached hydrogens (tertiary/aromatic N) is 1. The van der Waals surface area contributed by atoms with E-state index < -0.39 is 10.8 Å². The molecule has 102 valence electrons. The molecule has 0 saturated heterocycles. The maximum Gasteiger partial charge on any atom is 0.289 e. The minimum atomic E-state index is -0.614. The van der Waals surface area contributed by atoms with Gasteiger partial charge in [-0.1, -0.05) is 11.6 Å². The summed E-state index contributed by atoms with van der Waals surface area (Å²) in [5.41, 5.74) is 0.0228. The van der Waals surface area contributed by atoms with Gasteiger partial charge in [0.2, 0.25) is 5.91 Å². The molecule has 20 heavy (non-hydrogen) atoms. The first kappa shape index (κ1) is 13.8. The highest BCUT2D eigenvalue weighted by Gasteiger charge is 2.13. The number of nitro benzene ring substituents is 1. The maximum absolute atomic E-state index is 11.6. The molecular weight excluding hydrogens is 284 g/mol. The molecule has 0 atom stereocenters. The molecule has 7 heteroatoms. The number of hydrogen-bond donors (Lipinski definition) is 1. The summed E-state index contributed by atoms with van der Waals surface area (Å²) in [6, 6.07) is 7.41. The zero-order chi connectivity index (χ0) is 14.5. The van der Waals surface area contributed by atoms with Crippen molar-refractivity contribution < 1.29 is 14.1 Å². The minimum Gasteiger partial charge on any atom is -0.465 e. The van der Waals surface area contributed by atoms with Crippen molar-refractivity contribution in [1.29, 1.82) is 0 Å². The molecule has 0 radical (unpaired) electrons. The average Bonchev–Trinajstić information content (AvgIpc) is 2.91. The Kier molecular flexibility index (Phi) is 4.17. The van der Waals surface area contributed by atoms with E-state index in [1.165, 1.54) is 36.6 Å². The maximum atomic E-state index is 11.6. The van der Waals surface area contributed by atoms with Crippen LogP contribution in [-0.2, 0) is 4.79 Å². The first-order valence-corrected chi connectivity index (χ1v) is 5.90. The van der Waals surface area contributed by atoms with Gasteiger partial charge in [0.1, 0.15) is 10.8 Å². The Morgan fingerprint density at radius 3 is 2.85 bits per heavy atom. The Balaban J connectivity index is 2.08. The first-order chi connectivity index (χ1) is 9.56. The van der Waals surface area contributed by atoms with Gasteiger partial charge in [-0.3, -0.25) is 14.9 Å². The second-order valence-corrected chi connectivity index (χ2v) is 4.17. The minimum absolute atomic E-state index is 0.0131. The van der Waals surface area contributed by atoms with Gasteiger partial charge < -0.3 is 9.73 Å². The smallest absolute Gasteiger partial charge is 0.289 e. The van der Waals surface area contributed by atoms with Crippen molar-refractivity contribution in [2.24, 2.45) is 0 Å². The van der Waals surface area contributed by atoms with Gasteiger partial charge in [0.25, 0.3) is 5.69 Å². The molecule has 6 nitrogen and oxygen atoms in total. The molecule has 0 bridgehead atoms. The lowest BCUT2D eigenvalue weighted by Gasteiger charge is -2.02. The normalized spacial score (nSPS) is 10.7. The second kappa shape index (κ2) is 6.03. The number of rotatable bonds is 4. The summed E-state index contributed by atoms with van der Waals surface area (Å²) >= 11 is 5.68. The third kappa shape index (κ3) is 3.46. The van der Waals surface area contributed by atoms with Crippen molar-refractivity contribution in [2.45, 2.75) is 0 Å². The molecule has 2 rings (SSSR count). The second-order valence-electron chi connectivity index (χ2n) is 3.76. The standard InChI is InChI=1S/C13H9ClN2O4/c14-11-5-3-9(8-12(11)16(18)19)15-13(17)6-4-10-2-1-7-20-10/h1-8H,(H,15,17). The highest BCUT2D eigenvalue weighted by Crippen LogP contribution is 2.27. The highest BCUT2D eigenvalue weighted by atomic mass is 35.5. The van der Waals surface area contributed by atoms with Crippen LogP contribution in [0.25, 0.3) is 6.08 Å². The van der Waals surface area contributed by atoms with Gasteiger partial charge in [0.05, 0.1) is 11.2 Å². The Morgan fingerprint density at radius 1 is 1.40 bits per heavy atom. The number of furan rings is 1. The number of hydrogen-bond acceptors (Lipinski definition) is 4. The molecule has 0 unspecified atom stereocenters. The summed E-state index contributed by atoms with van der Waals surface area (Å²) in [5.74, 6) is 0.0975. The lowest BCUT2D eigenvalue weighted by atomic mass is 10.2. The molecule has 1 N–H and O–H groups in total. The number of benzene rings is 1. The van der Waals surface area contributed by atoms with Crippen LogP contribution in [0.4, 0.5) is 11.4 Å². The predicted octanol–water partition coefficient (Wildman–Crippen LogP) is 3.49. The lowest BCUT2D eigenvalue weighted by Crippen LogP contribution is -2.07. The molecule has 0 aliphatic heterocycles. The number of nitro groups is 1. The van der Waals surface area contributed by atoms with Gasteiger partial charge in [-0.15, -0.1) is 0 Å². The molecule has 1 amide bonds. The van der Waals surface area contributed by atoms with Gasteiger partial charge in [0.15, 0.2) is 0 Å². The summed E-state index contributed by atoms with van der Waals surface area (Å²) in [6.07, 6.45) is 4.24. The van der Waals surface area contributed by atoms with Crippen LogP contribution >= 0.6 is 11.6 Å².